The van der Waals surface area contributed by atoms with Crippen LogP contribution in [0.25, 0.3) is 0 Å². The molecule has 2 amide bonds. The molecule has 7 heteroatoms. The molecule has 1 aliphatic heterocycles. The Labute approximate surface area is 96.1 Å². The minimum absolute atomic E-state index is 0.0972. The highest BCUT2D eigenvalue weighted by molar-refractivity contribution is 6.02. The minimum Gasteiger partial charge on any atom is -0.478 e. The SMILES string of the molecule is O=C(O)c1cncnc1CN1C(=O)CCC1=O. The van der Waals surface area contributed by atoms with E-state index in [2.05, 4.69) is 9.97 Å². The van der Waals surface area contributed by atoms with Gasteiger partial charge in [-0.2, -0.15) is 0 Å². The van der Waals surface area contributed by atoms with Gasteiger partial charge in [-0.25, -0.2) is 14.8 Å². The molecular weight excluding hydrogens is 226 g/mol. The fourth-order valence-corrected chi connectivity index (χ4v) is 1.61. The molecule has 7 nitrogen and oxygen atoms in total. The van der Waals surface area contributed by atoms with E-state index in [1.54, 1.807) is 0 Å². The Morgan fingerprint density at radius 1 is 1.35 bits per heavy atom. The van der Waals surface area contributed by atoms with Gasteiger partial charge < -0.3 is 5.11 Å². The van der Waals surface area contributed by atoms with Gasteiger partial charge in [-0.3, -0.25) is 14.5 Å². The zero-order chi connectivity index (χ0) is 12.4. The number of hydrogen-bond acceptors (Lipinski definition) is 5. The average Bonchev–Trinajstić information content (AvgIpc) is 2.61. The van der Waals surface area contributed by atoms with Crippen LogP contribution in [0.15, 0.2) is 12.5 Å². The first-order valence-corrected chi connectivity index (χ1v) is 4.95. The summed E-state index contributed by atoms with van der Waals surface area (Å²) in [5.74, 6) is -1.78. The van der Waals surface area contributed by atoms with Crippen LogP contribution in [0.3, 0.4) is 0 Å². The third kappa shape index (κ3) is 2.12. The molecule has 0 unspecified atom stereocenters. The van der Waals surface area contributed by atoms with E-state index in [1.807, 2.05) is 0 Å². The van der Waals surface area contributed by atoms with Crippen molar-refractivity contribution < 1.29 is 19.5 Å². The maximum absolute atomic E-state index is 11.4. The highest BCUT2D eigenvalue weighted by atomic mass is 16.4. The largest absolute Gasteiger partial charge is 0.478 e. The van der Waals surface area contributed by atoms with Crippen LogP contribution in [-0.2, 0) is 16.1 Å². The number of hydrogen-bond donors (Lipinski definition) is 1. The van der Waals surface area contributed by atoms with Crippen LogP contribution >= 0.6 is 0 Å². The number of carboxylic acid groups (broad SMARTS) is 1. The second-order valence-electron chi connectivity index (χ2n) is 3.56. The Balaban J connectivity index is 2.27. The van der Waals surface area contributed by atoms with Crippen molar-refractivity contribution in [2.75, 3.05) is 0 Å². The van der Waals surface area contributed by atoms with E-state index < -0.39 is 5.97 Å². The predicted octanol–water partition coefficient (Wildman–Crippen LogP) is -0.176. The lowest BCUT2D eigenvalue weighted by molar-refractivity contribution is -0.139. The predicted molar refractivity (Wildman–Crippen MR) is 53.8 cm³/mol. The summed E-state index contributed by atoms with van der Waals surface area (Å²) in [6, 6.07) is 0. The van der Waals surface area contributed by atoms with Gasteiger partial charge in [0.05, 0.1) is 12.2 Å². The van der Waals surface area contributed by atoms with Gasteiger partial charge >= 0.3 is 5.97 Å². The first kappa shape index (κ1) is 11.2. The Morgan fingerprint density at radius 2 is 2.00 bits per heavy atom. The van der Waals surface area contributed by atoms with Gasteiger partial charge in [0.25, 0.3) is 0 Å². The molecule has 2 rings (SSSR count). The van der Waals surface area contributed by atoms with Crippen LogP contribution in [-0.4, -0.2) is 37.8 Å². The van der Waals surface area contributed by atoms with E-state index in [0.29, 0.717) is 0 Å². The number of likely N-dealkylation sites (tertiary alicyclic amines) is 1. The van der Waals surface area contributed by atoms with E-state index in [1.165, 1.54) is 6.33 Å². The molecule has 88 valence electrons. The first-order valence-electron chi connectivity index (χ1n) is 4.95. The summed E-state index contributed by atoms with van der Waals surface area (Å²) in [6.07, 6.45) is 2.68. The van der Waals surface area contributed by atoms with Gasteiger partial charge in [0.1, 0.15) is 11.9 Å². The fraction of sp³-hybridized carbons (Fsp3) is 0.300. The standard InChI is InChI=1S/C10H9N3O4/c14-8-1-2-9(15)13(8)4-7-6(10(16)17)3-11-5-12-7/h3,5H,1-2,4H2,(H,16,17). The highest BCUT2D eigenvalue weighted by Gasteiger charge is 2.30. The van der Waals surface area contributed by atoms with Gasteiger partial charge in [-0.05, 0) is 0 Å². The Hall–Kier alpha value is -2.31. The smallest absolute Gasteiger partial charge is 0.339 e. The molecule has 1 aromatic rings. The number of aromatic nitrogens is 2. The number of amides is 2. The van der Waals surface area contributed by atoms with Crippen LogP contribution < -0.4 is 0 Å². The lowest BCUT2D eigenvalue weighted by Gasteiger charge is -2.13. The molecule has 1 aliphatic rings. The molecule has 1 aromatic heterocycles. The van der Waals surface area contributed by atoms with Gasteiger partial charge in [0.2, 0.25) is 11.8 Å². The maximum atomic E-state index is 11.4. The van der Waals surface area contributed by atoms with Gasteiger partial charge in [-0.1, -0.05) is 0 Å². The normalized spacial score (nSPS) is 15.4. The second-order valence-corrected chi connectivity index (χ2v) is 3.56. The molecule has 0 atom stereocenters. The summed E-state index contributed by atoms with van der Waals surface area (Å²) in [4.78, 5) is 42.1. The van der Waals surface area contributed by atoms with Crippen LogP contribution in [0, 0.1) is 0 Å². The molecule has 0 aromatic carbocycles. The molecule has 0 saturated carbocycles. The number of carbonyl (C=O) groups is 3. The maximum Gasteiger partial charge on any atom is 0.339 e. The van der Waals surface area contributed by atoms with Crippen molar-refractivity contribution >= 4 is 17.8 Å². The van der Waals surface area contributed by atoms with E-state index >= 15 is 0 Å². The average molecular weight is 235 g/mol. The third-order valence-corrected chi connectivity index (χ3v) is 2.49. The van der Waals surface area contributed by atoms with E-state index in [4.69, 9.17) is 5.11 Å². The fourth-order valence-electron chi connectivity index (χ4n) is 1.61. The lowest BCUT2D eigenvalue weighted by Crippen LogP contribution is -2.29. The summed E-state index contributed by atoms with van der Waals surface area (Å²) in [6.45, 7) is -0.109. The number of carboxylic acids is 1. The summed E-state index contributed by atoms with van der Waals surface area (Å²) in [5.41, 5.74) is 0.0658. The quantitative estimate of drug-likeness (QED) is 0.729. The number of aromatic carboxylic acids is 1. The molecule has 17 heavy (non-hydrogen) atoms. The van der Waals surface area contributed by atoms with Crippen molar-refractivity contribution in [3.63, 3.8) is 0 Å². The van der Waals surface area contributed by atoms with Crippen molar-refractivity contribution in [3.05, 3.63) is 23.8 Å². The molecule has 0 aliphatic carbocycles. The topological polar surface area (TPSA) is 100 Å². The van der Waals surface area contributed by atoms with Crippen molar-refractivity contribution in [3.8, 4) is 0 Å². The zero-order valence-electron chi connectivity index (χ0n) is 8.79. The highest BCUT2D eigenvalue weighted by Crippen LogP contribution is 2.16. The number of nitrogens with zero attached hydrogens (tertiary/aromatic N) is 3. The monoisotopic (exact) mass is 235 g/mol. The van der Waals surface area contributed by atoms with Crippen molar-refractivity contribution in [2.45, 2.75) is 19.4 Å². The second kappa shape index (κ2) is 4.28. The van der Waals surface area contributed by atoms with Crippen molar-refractivity contribution in [1.29, 1.82) is 0 Å². The summed E-state index contributed by atoms with van der Waals surface area (Å²) in [5, 5.41) is 8.90. The van der Waals surface area contributed by atoms with E-state index in [-0.39, 0.29) is 42.5 Å². The third-order valence-electron chi connectivity index (χ3n) is 2.49. The van der Waals surface area contributed by atoms with Crippen molar-refractivity contribution in [1.82, 2.24) is 14.9 Å². The summed E-state index contributed by atoms with van der Waals surface area (Å²) >= 11 is 0. The first-order chi connectivity index (χ1) is 8.09. The minimum atomic E-state index is -1.18. The number of rotatable bonds is 3. The molecule has 1 saturated heterocycles. The van der Waals surface area contributed by atoms with Gasteiger partial charge in [0, 0.05) is 19.0 Å². The van der Waals surface area contributed by atoms with Gasteiger partial charge in [-0.15, -0.1) is 0 Å². The van der Waals surface area contributed by atoms with Crippen molar-refractivity contribution in [2.24, 2.45) is 0 Å². The number of carbonyl (C=O) groups excluding carboxylic acids is 2. The molecule has 2 heterocycles. The number of imide groups is 1. The van der Waals surface area contributed by atoms with Crippen LogP contribution in [0.1, 0.15) is 28.9 Å². The van der Waals surface area contributed by atoms with Crippen LogP contribution in [0.2, 0.25) is 0 Å². The molecule has 0 radical (unpaired) electrons. The van der Waals surface area contributed by atoms with Crippen LogP contribution in [0.5, 0.6) is 0 Å². The van der Waals surface area contributed by atoms with E-state index in [9.17, 15) is 14.4 Å². The molecule has 1 N–H and O–H groups in total. The molecular formula is C10H9N3O4. The zero-order valence-corrected chi connectivity index (χ0v) is 8.79. The Kier molecular flexibility index (Phi) is 2.82. The van der Waals surface area contributed by atoms with Gasteiger partial charge in [0.15, 0.2) is 0 Å². The lowest BCUT2D eigenvalue weighted by atomic mass is 10.2. The van der Waals surface area contributed by atoms with Crippen LogP contribution in [0.4, 0.5) is 0 Å². The van der Waals surface area contributed by atoms with E-state index in [0.717, 1.165) is 11.1 Å². The Bertz CT molecular complexity index is 484. The Morgan fingerprint density at radius 3 is 2.59 bits per heavy atom. The summed E-state index contributed by atoms with van der Waals surface area (Å²) in [7, 11) is 0. The molecule has 0 spiro atoms. The molecule has 0 bridgehead atoms. The molecule has 1 fully saturated rings. The summed E-state index contributed by atoms with van der Waals surface area (Å²) < 4.78 is 0.